The number of fused-ring (bicyclic) bond motifs is 2. The highest BCUT2D eigenvalue weighted by Gasteiger charge is 2.24. The van der Waals surface area contributed by atoms with E-state index in [0.29, 0.717) is 33.6 Å². The van der Waals surface area contributed by atoms with Gasteiger partial charge >= 0.3 is 0 Å². The van der Waals surface area contributed by atoms with Crippen LogP contribution in [-0.2, 0) is 17.1 Å². The maximum Gasteiger partial charge on any atom is 0.275 e. The zero-order chi connectivity index (χ0) is 27.5. The van der Waals surface area contributed by atoms with Gasteiger partial charge in [0.15, 0.2) is 11.6 Å². The number of aromatic nitrogens is 5. The highest BCUT2D eigenvalue weighted by molar-refractivity contribution is 7.90. The number of halogens is 2. The molecule has 0 spiro atoms. The number of pyridine rings is 1. The standard InChI is InChI=1S/C27H19F2N5O4S/c1-15-3-6-17(7-4-15)39(36,37)34-10-9-18-20(14-33(2)27(35)26(18)34)19-12-22-23(31-32-30-22)13-25(19)38-24-8-5-16(28)11-21(24)29/h3-14H,1-2H3,(H,30,31,32). The lowest BCUT2D eigenvalue weighted by Gasteiger charge is -2.15. The number of ether oxygens (including phenoxy) is 1. The van der Waals surface area contributed by atoms with E-state index in [2.05, 4.69) is 15.4 Å². The maximum atomic E-state index is 14.5. The van der Waals surface area contributed by atoms with Gasteiger partial charge in [0, 0.05) is 48.1 Å². The molecule has 6 aromatic rings. The SMILES string of the molecule is Cc1ccc(S(=O)(=O)n2ccc3c(-c4cc5[nH]nnc5cc4Oc4ccc(F)cc4F)cn(C)c(=O)c32)cc1. The van der Waals surface area contributed by atoms with E-state index in [0.717, 1.165) is 21.7 Å². The molecule has 9 nitrogen and oxygen atoms in total. The second-order valence-electron chi connectivity index (χ2n) is 9.00. The Balaban J connectivity index is 1.60. The number of hydrogen-bond donors (Lipinski definition) is 1. The summed E-state index contributed by atoms with van der Waals surface area (Å²) in [6.45, 7) is 1.84. The van der Waals surface area contributed by atoms with Crippen LogP contribution in [0.1, 0.15) is 5.56 Å². The van der Waals surface area contributed by atoms with Crippen LogP contribution >= 0.6 is 0 Å². The summed E-state index contributed by atoms with van der Waals surface area (Å²) < 4.78 is 63.2. The molecule has 0 aliphatic carbocycles. The van der Waals surface area contributed by atoms with E-state index >= 15 is 0 Å². The van der Waals surface area contributed by atoms with E-state index in [9.17, 15) is 22.0 Å². The minimum absolute atomic E-state index is 0.0267. The predicted octanol–water partition coefficient (Wildman–Crippen LogP) is 4.89. The highest BCUT2D eigenvalue weighted by Crippen LogP contribution is 2.39. The first-order valence-corrected chi connectivity index (χ1v) is 13.1. The van der Waals surface area contributed by atoms with Crippen molar-refractivity contribution in [2.75, 3.05) is 0 Å². The van der Waals surface area contributed by atoms with Crippen molar-refractivity contribution in [3.63, 3.8) is 0 Å². The number of H-pyrrole nitrogens is 1. The minimum Gasteiger partial charge on any atom is -0.454 e. The first-order chi connectivity index (χ1) is 18.6. The molecule has 3 aromatic heterocycles. The molecule has 12 heteroatoms. The Kier molecular flexibility index (Phi) is 5.57. The molecule has 0 unspecified atom stereocenters. The van der Waals surface area contributed by atoms with Gasteiger partial charge < -0.3 is 9.30 Å². The maximum absolute atomic E-state index is 14.5. The molecule has 0 aliphatic heterocycles. The van der Waals surface area contributed by atoms with E-state index in [4.69, 9.17) is 4.74 Å². The molecule has 196 valence electrons. The topological polar surface area (TPSA) is 112 Å². The highest BCUT2D eigenvalue weighted by atomic mass is 32.2. The van der Waals surface area contributed by atoms with Gasteiger partial charge in [-0.2, -0.15) is 0 Å². The van der Waals surface area contributed by atoms with Crippen molar-refractivity contribution in [1.82, 2.24) is 24.0 Å². The van der Waals surface area contributed by atoms with Crippen LogP contribution in [0.2, 0.25) is 0 Å². The fourth-order valence-corrected chi connectivity index (χ4v) is 5.76. The van der Waals surface area contributed by atoms with Crippen molar-refractivity contribution < 1.29 is 21.9 Å². The molecule has 39 heavy (non-hydrogen) atoms. The first-order valence-electron chi connectivity index (χ1n) is 11.6. The average molecular weight is 548 g/mol. The Labute approximate surface area is 219 Å². The van der Waals surface area contributed by atoms with Crippen LogP contribution in [0.4, 0.5) is 8.78 Å². The Morgan fingerprint density at radius 2 is 1.72 bits per heavy atom. The van der Waals surface area contributed by atoms with Crippen LogP contribution in [0.15, 0.2) is 82.7 Å². The van der Waals surface area contributed by atoms with Crippen LogP contribution in [0, 0.1) is 18.6 Å². The van der Waals surface area contributed by atoms with Crippen molar-refractivity contribution in [3.05, 3.63) is 101 Å². The van der Waals surface area contributed by atoms with Crippen LogP contribution in [0.25, 0.3) is 33.1 Å². The molecule has 0 aliphatic rings. The fraction of sp³-hybridized carbons (Fsp3) is 0.0741. The number of benzene rings is 3. The number of nitrogens with zero attached hydrogens (tertiary/aromatic N) is 4. The van der Waals surface area contributed by atoms with Gasteiger partial charge in [0.1, 0.15) is 22.6 Å². The molecule has 3 heterocycles. The van der Waals surface area contributed by atoms with Crippen LogP contribution in [-0.4, -0.2) is 32.4 Å². The molecule has 6 rings (SSSR count). The molecular weight excluding hydrogens is 528 g/mol. The second-order valence-corrected chi connectivity index (χ2v) is 10.8. The number of aryl methyl sites for hydroxylation is 2. The molecule has 0 amide bonds. The summed E-state index contributed by atoms with van der Waals surface area (Å²) >= 11 is 0. The van der Waals surface area contributed by atoms with Gasteiger partial charge in [-0.05, 0) is 43.3 Å². The van der Waals surface area contributed by atoms with Crippen LogP contribution in [0.3, 0.4) is 0 Å². The molecule has 0 saturated heterocycles. The third-order valence-electron chi connectivity index (χ3n) is 6.40. The number of rotatable bonds is 5. The largest absolute Gasteiger partial charge is 0.454 e. The third-order valence-corrected chi connectivity index (χ3v) is 8.09. The predicted molar refractivity (Wildman–Crippen MR) is 140 cm³/mol. The van der Waals surface area contributed by atoms with E-state index in [1.54, 1.807) is 18.2 Å². The molecule has 0 atom stereocenters. The Bertz CT molecular complexity index is 2080. The van der Waals surface area contributed by atoms with Crippen molar-refractivity contribution in [1.29, 1.82) is 0 Å². The number of nitrogens with one attached hydrogen (secondary N) is 1. The average Bonchev–Trinajstić information content (AvgIpc) is 3.55. The van der Waals surface area contributed by atoms with E-state index in [1.165, 1.54) is 48.3 Å². The summed E-state index contributed by atoms with van der Waals surface area (Å²) in [4.78, 5) is 13.3. The normalized spacial score (nSPS) is 11.9. The van der Waals surface area contributed by atoms with Gasteiger partial charge in [-0.25, -0.2) is 21.2 Å². The molecule has 3 aromatic carbocycles. The van der Waals surface area contributed by atoms with Gasteiger partial charge in [0.2, 0.25) is 0 Å². The third kappa shape index (κ3) is 4.05. The summed E-state index contributed by atoms with van der Waals surface area (Å²) in [6, 6.07) is 13.9. The smallest absolute Gasteiger partial charge is 0.275 e. The molecular formula is C27H19F2N5O4S. The summed E-state index contributed by atoms with van der Waals surface area (Å²) in [5.74, 6) is -1.78. The Morgan fingerprint density at radius 1 is 0.949 bits per heavy atom. The quantitative estimate of drug-likeness (QED) is 0.329. The van der Waals surface area contributed by atoms with Crippen molar-refractivity contribution in [2.24, 2.45) is 7.05 Å². The number of aromatic amines is 1. The van der Waals surface area contributed by atoms with Gasteiger partial charge in [0.25, 0.3) is 15.6 Å². The van der Waals surface area contributed by atoms with E-state index in [1.807, 2.05) is 6.92 Å². The first kappa shape index (κ1) is 24.5. The number of hydrogen-bond acceptors (Lipinski definition) is 6. The monoisotopic (exact) mass is 547 g/mol. The lowest BCUT2D eigenvalue weighted by Crippen LogP contribution is -2.22. The lowest BCUT2D eigenvalue weighted by molar-refractivity contribution is 0.439. The van der Waals surface area contributed by atoms with Gasteiger partial charge in [-0.3, -0.25) is 9.89 Å². The van der Waals surface area contributed by atoms with Crippen molar-refractivity contribution in [3.8, 4) is 22.6 Å². The molecule has 0 bridgehead atoms. The fourth-order valence-electron chi connectivity index (χ4n) is 4.41. The zero-order valence-corrected chi connectivity index (χ0v) is 21.3. The Morgan fingerprint density at radius 3 is 2.46 bits per heavy atom. The van der Waals surface area contributed by atoms with E-state index in [-0.39, 0.29) is 21.9 Å². The Hall–Kier alpha value is -4.84. The van der Waals surface area contributed by atoms with E-state index < -0.39 is 27.2 Å². The molecule has 0 fully saturated rings. The van der Waals surface area contributed by atoms with Crippen molar-refractivity contribution >= 4 is 32.0 Å². The van der Waals surface area contributed by atoms with Gasteiger partial charge in [-0.1, -0.05) is 22.9 Å². The van der Waals surface area contributed by atoms with Crippen molar-refractivity contribution in [2.45, 2.75) is 11.8 Å². The molecule has 0 radical (unpaired) electrons. The second kappa shape index (κ2) is 8.88. The zero-order valence-electron chi connectivity index (χ0n) is 20.5. The van der Waals surface area contributed by atoms with Crippen LogP contribution < -0.4 is 10.3 Å². The molecule has 1 N–H and O–H groups in total. The summed E-state index contributed by atoms with van der Waals surface area (Å²) in [7, 11) is -2.61. The van der Waals surface area contributed by atoms with Gasteiger partial charge in [0.05, 0.1) is 10.4 Å². The minimum atomic E-state index is -4.11. The lowest BCUT2D eigenvalue weighted by atomic mass is 10.0. The summed E-state index contributed by atoms with van der Waals surface area (Å²) in [5.41, 5.74) is 2.03. The summed E-state index contributed by atoms with van der Waals surface area (Å²) in [6.07, 6.45) is 2.85. The van der Waals surface area contributed by atoms with Crippen LogP contribution in [0.5, 0.6) is 11.5 Å². The molecule has 0 saturated carbocycles. The summed E-state index contributed by atoms with van der Waals surface area (Å²) in [5, 5.41) is 10.9. The van der Waals surface area contributed by atoms with Gasteiger partial charge in [-0.15, -0.1) is 5.10 Å².